The van der Waals surface area contributed by atoms with E-state index in [1.807, 2.05) is 0 Å². The van der Waals surface area contributed by atoms with Crippen molar-refractivity contribution in [2.75, 3.05) is 11.3 Å². The van der Waals surface area contributed by atoms with Crippen molar-refractivity contribution in [2.24, 2.45) is 5.14 Å². The van der Waals surface area contributed by atoms with Gasteiger partial charge < -0.3 is 5.11 Å². The average Bonchev–Trinajstić information content (AvgIpc) is 2.20. The van der Waals surface area contributed by atoms with E-state index in [2.05, 4.69) is 16.6 Å². The molecule has 0 atom stereocenters. The molecule has 0 heterocycles. The molecule has 0 bridgehead atoms. The van der Waals surface area contributed by atoms with Gasteiger partial charge in [0.05, 0.1) is 17.9 Å². The molecule has 5 nitrogen and oxygen atoms in total. The predicted molar refractivity (Wildman–Crippen MR) is 66.8 cm³/mol. The Labute approximate surface area is 105 Å². The number of aliphatic hydroxyl groups is 1. The maximum Gasteiger partial charge on any atom is 0.296 e. The Hall–Kier alpha value is -1.26. The van der Waals surface area contributed by atoms with Crippen LogP contribution in [-0.4, -0.2) is 20.1 Å². The summed E-state index contributed by atoms with van der Waals surface area (Å²) in [5, 5.41) is 13.9. The second kappa shape index (κ2) is 5.89. The van der Waals surface area contributed by atoms with Crippen molar-refractivity contribution in [1.29, 1.82) is 0 Å². The second-order valence-electron chi connectivity index (χ2n) is 3.11. The molecular weight excluding hydrogens is 264 g/mol. The van der Waals surface area contributed by atoms with Crippen LogP contribution in [0.1, 0.15) is 12.0 Å². The lowest BCUT2D eigenvalue weighted by Gasteiger charge is -2.06. The third kappa shape index (κ3) is 5.06. The molecule has 0 amide bonds. The molecule has 0 radical (unpaired) electrons. The first-order chi connectivity index (χ1) is 7.92. The van der Waals surface area contributed by atoms with E-state index in [1.165, 1.54) is 18.2 Å². The summed E-state index contributed by atoms with van der Waals surface area (Å²) in [5.41, 5.74) is 0.655. The highest BCUT2D eigenvalue weighted by Crippen LogP contribution is 2.20. The minimum absolute atomic E-state index is 0.0640. The van der Waals surface area contributed by atoms with Crippen LogP contribution in [0.3, 0.4) is 0 Å². The van der Waals surface area contributed by atoms with Gasteiger partial charge in [-0.3, -0.25) is 4.72 Å². The highest BCUT2D eigenvalue weighted by atomic mass is 35.5. The molecule has 0 saturated heterocycles. The molecule has 1 aromatic rings. The lowest BCUT2D eigenvalue weighted by atomic mass is 10.2. The number of hydrogen-bond acceptors (Lipinski definition) is 3. The number of hydrogen-bond donors (Lipinski definition) is 3. The fraction of sp³-hybridized carbons (Fsp3) is 0.200. The summed E-state index contributed by atoms with van der Waals surface area (Å²) in [6, 6.07) is 4.50. The van der Waals surface area contributed by atoms with Crippen molar-refractivity contribution in [3.63, 3.8) is 0 Å². The van der Waals surface area contributed by atoms with Crippen molar-refractivity contribution in [1.82, 2.24) is 0 Å². The van der Waals surface area contributed by atoms with E-state index in [0.717, 1.165) is 0 Å². The van der Waals surface area contributed by atoms with Crippen LogP contribution in [0.2, 0.25) is 5.02 Å². The third-order valence-corrected chi connectivity index (χ3v) is 2.43. The fourth-order valence-corrected chi connectivity index (χ4v) is 1.73. The van der Waals surface area contributed by atoms with Gasteiger partial charge in [0.1, 0.15) is 0 Å². The molecule has 7 heteroatoms. The van der Waals surface area contributed by atoms with Gasteiger partial charge in [-0.1, -0.05) is 23.4 Å². The van der Waals surface area contributed by atoms with E-state index >= 15 is 0 Å². The summed E-state index contributed by atoms with van der Waals surface area (Å²) in [6.07, 6.45) is 0.293. The molecule has 0 saturated carbocycles. The third-order valence-electron chi connectivity index (χ3n) is 1.69. The summed E-state index contributed by atoms with van der Waals surface area (Å²) >= 11 is 5.78. The molecule has 1 aromatic carbocycles. The van der Waals surface area contributed by atoms with E-state index in [4.69, 9.17) is 21.8 Å². The number of aliphatic hydroxyl groups excluding tert-OH is 1. The average molecular weight is 275 g/mol. The van der Waals surface area contributed by atoms with Gasteiger partial charge in [0, 0.05) is 11.4 Å². The van der Waals surface area contributed by atoms with Crippen LogP contribution in [0.25, 0.3) is 0 Å². The quantitative estimate of drug-likeness (QED) is 0.708. The highest BCUT2D eigenvalue weighted by Gasteiger charge is 2.06. The number of rotatable bonds is 3. The minimum atomic E-state index is -3.85. The standard InChI is InChI=1S/C10H11ClN2O3S/c11-9-4-5-10(13-17(12,15)16)8(7-9)3-1-2-6-14/h4-5,7,13-14H,2,6H2,(H2,12,15,16). The van der Waals surface area contributed by atoms with Crippen LogP contribution in [-0.2, 0) is 10.2 Å². The zero-order valence-corrected chi connectivity index (χ0v) is 10.3. The number of nitrogens with two attached hydrogens (primary N) is 1. The molecule has 0 aliphatic rings. The van der Waals surface area contributed by atoms with Gasteiger partial charge in [-0.05, 0) is 18.2 Å². The van der Waals surface area contributed by atoms with Gasteiger partial charge in [0.2, 0.25) is 0 Å². The number of halogens is 1. The molecular formula is C10H11ClN2O3S. The molecule has 92 valence electrons. The smallest absolute Gasteiger partial charge is 0.296 e. The van der Waals surface area contributed by atoms with Crippen molar-refractivity contribution in [3.05, 3.63) is 28.8 Å². The van der Waals surface area contributed by atoms with Crippen LogP contribution in [0, 0.1) is 11.8 Å². The van der Waals surface area contributed by atoms with Crippen LogP contribution in [0.4, 0.5) is 5.69 Å². The number of benzene rings is 1. The minimum Gasteiger partial charge on any atom is -0.395 e. The van der Waals surface area contributed by atoms with E-state index in [0.29, 0.717) is 17.0 Å². The molecule has 17 heavy (non-hydrogen) atoms. The van der Waals surface area contributed by atoms with Gasteiger partial charge in [-0.15, -0.1) is 0 Å². The molecule has 0 aliphatic heterocycles. The molecule has 0 unspecified atom stereocenters. The topological polar surface area (TPSA) is 92.4 Å². The van der Waals surface area contributed by atoms with E-state index in [9.17, 15) is 8.42 Å². The maximum atomic E-state index is 10.9. The SMILES string of the molecule is NS(=O)(=O)Nc1ccc(Cl)cc1C#CCCO. The van der Waals surface area contributed by atoms with Gasteiger partial charge in [0.15, 0.2) is 0 Å². The molecule has 4 N–H and O–H groups in total. The van der Waals surface area contributed by atoms with Crippen molar-refractivity contribution in [2.45, 2.75) is 6.42 Å². The Morgan fingerprint density at radius 1 is 1.47 bits per heavy atom. The van der Waals surface area contributed by atoms with E-state index in [-0.39, 0.29) is 12.3 Å². The van der Waals surface area contributed by atoms with Gasteiger partial charge in [0.25, 0.3) is 10.2 Å². The van der Waals surface area contributed by atoms with Crippen LogP contribution < -0.4 is 9.86 Å². The van der Waals surface area contributed by atoms with Crippen molar-refractivity contribution in [3.8, 4) is 11.8 Å². The van der Waals surface area contributed by atoms with Crippen molar-refractivity contribution < 1.29 is 13.5 Å². The Kier molecular flexibility index (Phi) is 4.78. The number of anilines is 1. The molecule has 0 aromatic heterocycles. The van der Waals surface area contributed by atoms with Crippen LogP contribution >= 0.6 is 11.6 Å². The molecule has 0 spiro atoms. The van der Waals surface area contributed by atoms with Gasteiger partial charge in [-0.2, -0.15) is 8.42 Å². The summed E-state index contributed by atoms with van der Waals surface area (Å²) in [4.78, 5) is 0. The molecule has 0 aliphatic carbocycles. The summed E-state index contributed by atoms with van der Waals surface area (Å²) in [7, 11) is -3.85. The van der Waals surface area contributed by atoms with E-state index in [1.54, 1.807) is 0 Å². The lowest BCUT2D eigenvalue weighted by molar-refractivity contribution is 0.305. The lowest BCUT2D eigenvalue weighted by Crippen LogP contribution is -2.22. The Bertz CT molecular complexity index is 561. The summed E-state index contributed by atoms with van der Waals surface area (Å²) < 4.78 is 24.0. The van der Waals surface area contributed by atoms with Gasteiger partial charge >= 0.3 is 0 Å². The Balaban J connectivity index is 3.09. The fourth-order valence-electron chi connectivity index (χ4n) is 1.08. The summed E-state index contributed by atoms with van der Waals surface area (Å²) in [6.45, 7) is -0.0640. The van der Waals surface area contributed by atoms with Crippen molar-refractivity contribution >= 4 is 27.5 Å². The maximum absolute atomic E-state index is 10.9. The van der Waals surface area contributed by atoms with Crippen LogP contribution in [0.5, 0.6) is 0 Å². The first-order valence-electron chi connectivity index (χ1n) is 4.62. The normalized spacial score (nSPS) is 10.5. The van der Waals surface area contributed by atoms with Crippen LogP contribution in [0.15, 0.2) is 18.2 Å². The first kappa shape index (κ1) is 13.8. The van der Waals surface area contributed by atoms with E-state index < -0.39 is 10.2 Å². The predicted octanol–water partition coefficient (Wildman–Crippen LogP) is 0.689. The first-order valence-corrected chi connectivity index (χ1v) is 6.54. The largest absolute Gasteiger partial charge is 0.395 e. The highest BCUT2D eigenvalue weighted by molar-refractivity contribution is 7.90. The second-order valence-corrected chi connectivity index (χ2v) is 4.84. The molecule has 1 rings (SSSR count). The Morgan fingerprint density at radius 3 is 2.76 bits per heavy atom. The molecule has 0 fully saturated rings. The Morgan fingerprint density at radius 2 is 2.18 bits per heavy atom. The summed E-state index contributed by atoms with van der Waals surface area (Å²) in [5.74, 6) is 5.37. The number of nitrogens with one attached hydrogen (secondary N) is 1. The zero-order chi connectivity index (χ0) is 12.9. The zero-order valence-electron chi connectivity index (χ0n) is 8.77. The van der Waals surface area contributed by atoms with Gasteiger partial charge in [-0.25, -0.2) is 5.14 Å². The monoisotopic (exact) mass is 274 g/mol.